The molecule has 0 bridgehead atoms. The molecule has 0 aliphatic carbocycles. The maximum atomic E-state index is 5.57. The Morgan fingerprint density at radius 1 is 1.75 bits per heavy atom. The van der Waals surface area contributed by atoms with Gasteiger partial charge in [-0.15, -0.1) is 0 Å². The van der Waals surface area contributed by atoms with Gasteiger partial charge in [0.15, 0.2) is 0 Å². The molecule has 1 rings (SSSR count). The van der Waals surface area contributed by atoms with E-state index < -0.39 is 0 Å². The Kier molecular flexibility index (Phi) is 1.70. The molecule has 0 spiro atoms. The van der Waals surface area contributed by atoms with E-state index in [4.69, 9.17) is 9.88 Å². The van der Waals surface area contributed by atoms with Gasteiger partial charge in [-0.05, 0) is 13.0 Å². The van der Waals surface area contributed by atoms with Gasteiger partial charge in [0.1, 0.15) is 5.55 Å². The fourth-order valence-electron chi connectivity index (χ4n) is 0.431. The van der Waals surface area contributed by atoms with Crippen LogP contribution < -0.4 is 5.14 Å². The number of rotatable bonds is 0. The van der Waals surface area contributed by atoms with Gasteiger partial charge in [-0.1, -0.05) is 10.7 Å². The summed E-state index contributed by atoms with van der Waals surface area (Å²) in [6.07, 6.45) is 3.63. The van der Waals surface area contributed by atoms with Gasteiger partial charge < -0.3 is 4.74 Å². The number of hydrogen-bond acceptors (Lipinski definition) is 2. The Hall–Kier alpha value is -0.280. The zero-order valence-electron chi connectivity index (χ0n) is 4.70. The van der Waals surface area contributed by atoms with Crippen molar-refractivity contribution in [2.45, 2.75) is 12.2 Å². The van der Waals surface area contributed by atoms with Crippen LogP contribution in [0.2, 0.25) is 0 Å². The summed E-state index contributed by atoms with van der Waals surface area (Å²) in [5, 5.41) is 6.02. The third kappa shape index (κ3) is 1.11. The summed E-state index contributed by atoms with van der Waals surface area (Å²) in [4.78, 5) is 0. The molecular formula is C5H9NOS. The van der Waals surface area contributed by atoms with E-state index in [1.165, 1.54) is 0 Å². The van der Waals surface area contributed by atoms with E-state index >= 15 is 0 Å². The smallest absolute Gasteiger partial charge is 0.128 e. The molecular weight excluding hydrogens is 122 g/mol. The zero-order valence-corrected chi connectivity index (χ0v) is 5.52. The highest BCUT2D eigenvalue weighted by Crippen LogP contribution is 2.14. The molecule has 0 aromatic heterocycles. The molecule has 3 heteroatoms. The van der Waals surface area contributed by atoms with E-state index in [0.29, 0.717) is 5.25 Å². The standard InChI is InChI=1S/C5H9NOS/c1-5-2-3-7-4-8(5)6/h2-5H,6H2,1H3. The van der Waals surface area contributed by atoms with Gasteiger partial charge in [-0.2, -0.15) is 0 Å². The number of nitrogens with two attached hydrogens (primary N) is 1. The molecule has 2 unspecified atom stereocenters. The van der Waals surface area contributed by atoms with Crippen molar-refractivity contribution in [3.05, 3.63) is 12.3 Å². The summed E-state index contributed by atoms with van der Waals surface area (Å²) in [6.45, 7) is 2.07. The van der Waals surface area contributed by atoms with Crippen LogP contribution in [-0.4, -0.2) is 10.8 Å². The lowest BCUT2D eigenvalue weighted by Crippen LogP contribution is -2.06. The van der Waals surface area contributed by atoms with Gasteiger partial charge in [0.2, 0.25) is 0 Å². The summed E-state index contributed by atoms with van der Waals surface area (Å²) in [5.41, 5.74) is 1.67. The lowest BCUT2D eigenvalue weighted by molar-refractivity contribution is 0.499. The Labute approximate surface area is 51.4 Å². The van der Waals surface area contributed by atoms with E-state index in [-0.39, 0.29) is 10.7 Å². The second-order valence-corrected chi connectivity index (χ2v) is 3.43. The third-order valence-electron chi connectivity index (χ3n) is 1.02. The molecule has 2 atom stereocenters. The van der Waals surface area contributed by atoms with Crippen molar-refractivity contribution in [3.63, 3.8) is 0 Å². The Morgan fingerprint density at radius 3 is 2.88 bits per heavy atom. The fraction of sp³-hybridized carbons (Fsp3) is 0.400. The molecule has 0 aromatic rings. The fourth-order valence-corrected chi connectivity index (χ4v) is 1.04. The van der Waals surface area contributed by atoms with Crippen molar-refractivity contribution in [1.29, 1.82) is 0 Å². The van der Waals surface area contributed by atoms with Gasteiger partial charge in [0.25, 0.3) is 0 Å². The molecule has 46 valence electrons. The van der Waals surface area contributed by atoms with Crippen LogP contribution >= 0.6 is 10.7 Å². The van der Waals surface area contributed by atoms with Crippen LogP contribution in [0.4, 0.5) is 0 Å². The summed E-state index contributed by atoms with van der Waals surface area (Å²) in [5.74, 6) is 0. The average Bonchev–Trinajstić information content (AvgIpc) is 1.77. The van der Waals surface area contributed by atoms with Crippen LogP contribution in [0.25, 0.3) is 0 Å². The van der Waals surface area contributed by atoms with Crippen LogP contribution in [0.15, 0.2) is 12.3 Å². The average molecular weight is 131 g/mol. The van der Waals surface area contributed by atoms with Crippen LogP contribution in [0.1, 0.15) is 6.92 Å². The molecule has 0 saturated carbocycles. The van der Waals surface area contributed by atoms with Crippen molar-refractivity contribution in [2.75, 3.05) is 0 Å². The maximum absolute atomic E-state index is 5.57. The highest BCUT2D eigenvalue weighted by Gasteiger charge is 2.00. The summed E-state index contributed by atoms with van der Waals surface area (Å²) in [7, 11) is -0.169. The second-order valence-electron chi connectivity index (χ2n) is 1.67. The predicted molar refractivity (Wildman–Crippen MR) is 37.5 cm³/mol. The molecule has 2 nitrogen and oxygen atoms in total. The van der Waals surface area contributed by atoms with Crippen molar-refractivity contribution in [3.8, 4) is 0 Å². The molecule has 8 heavy (non-hydrogen) atoms. The molecule has 0 radical (unpaired) electrons. The van der Waals surface area contributed by atoms with Crippen LogP contribution in [-0.2, 0) is 4.74 Å². The summed E-state index contributed by atoms with van der Waals surface area (Å²) >= 11 is 0. The molecule has 2 N–H and O–H groups in total. The first-order valence-electron chi connectivity index (χ1n) is 2.42. The van der Waals surface area contributed by atoms with Crippen LogP contribution in [0.3, 0.4) is 0 Å². The van der Waals surface area contributed by atoms with Crippen molar-refractivity contribution in [2.24, 2.45) is 5.14 Å². The van der Waals surface area contributed by atoms with Gasteiger partial charge in [-0.3, -0.25) is 5.14 Å². The third-order valence-corrected chi connectivity index (χ3v) is 2.37. The molecule has 0 saturated heterocycles. The first-order valence-corrected chi connectivity index (χ1v) is 3.84. The normalized spacial score (nSPS) is 35.8. The minimum Gasteiger partial charge on any atom is -0.466 e. The second kappa shape index (κ2) is 2.33. The highest BCUT2D eigenvalue weighted by molar-refractivity contribution is 8.13. The maximum Gasteiger partial charge on any atom is 0.128 e. The van der Waals surface area contributed by atoms with Crippen LogP contribution in [0, 0.1) is 0 Å². The topological polar surface area (TPSA) is 35.2 Å². The molecule has 1 heterocycles. The largest absolute Gasteiger partial charge is 0.466 e. The monoisotopic (exact) mass is 131 g/mol. The molecule has 0 aromatic carbocycles. The predicted octanol–water partition coefficient (Wildman–Crippen LogP) is 0.821. The molecule has 1 aliphatic rings. The Bertz CT molecular complexity index is 141. The summed E-state index contributed by atoms with van der Waals surface area (Å²) in [6, 6.07) is 0. The van der Waals surface area contributed by atoms with E-state index in [0.717, 1.165) is 0 Å². The van der Waals surface area contributed by atoms with Gasteiger partial charge in [-0.25, -0.2) is 0 Å². The number of ether oxygens (including phenoxy) is 1. The number of hydrogen-bond donors (Lipinski definition) is 1. The Balaban J connectivity index is 2.63. The van der Waals surface area contributed by atoms with Crippen LogP contribution in [0.5, 0.6) is 0 Å². The summed E-state index contributed by atoms with van der Waals surface area (Å²) < 4.78 is 4.83. The van der Waals surface area contributed by atoms with Crippen molar-refractivity contribution >= 4 is 16.2 Å². The lowest BCUT2D eigenvalue weighted by atomic mass is 10.5. The minimum absolute atomic E-state index is 0.169. The lowest BCUT2D eigenvalue weighted by Gasteiger charge is -2.10. The minimum atomic E-state index is -0.169. The van der Waals surface area contributed by atoms with E-state index in [2.05, 4.69) is 6.92 Å². The molecule has 0 fully saturated rings. The molecule has 1 aliphatic heterocycles. The van der Waals surface area contributed by atoms with Crippen molar-refractivity contribution < 1.29 is 4.74 Å². The Morgan fingerprint density at radius 2 is 2.50 bits per heavy atom. The van der Waals surface area contributed by atoms with E-state index in [9.17, 15) is 0 Å². The van der Waals surface area contributed by atoms with E-state index in [1.54, 1.807) is 11.8 Å². The first-order chi connectivity index (χ1) is 3.80. The van der Waals surface area contributed by atoms with Gasteiger partial charge >= 0.3 is 0 Å². The van der Waals surface area contributed by atoms with Crippen molar-refractivity contribution in [1.82, 2.24) is 0 Å². The highest BCUT2D eigenvalue weighted by atomic mass is 32.2. The molecule has 0 amide bonds. The SMILES string of the molecule is CC1C=COC=S1N. The first kappa shape index (κ1) is 5.85. The quantitative estimate of drug-likeness (QED) is 0.494. The van der Waals surface area contributed by atoms with Gasteiger partial charge in [0, 0.05) is 5.25 Å². The van der Waals surface area contributed by atoms with Gasteiger partial charge in [0.05, 0.1) is 6.26 Å². The zero-order chi connectivity index (χ0) is 5.98. The van der Waals surface area contributed by atoms with E-state index in [1.807, 2.05) is 6.08 Å².